The molecule has 1 aromatic carbocycles. The summed E-state index contributed by atoms with van der Waals surface area (Å²) in [6.07, 6.45) is 4.99. The van der Waals surface area contributed by atoms with Crippen LogP contribution in [0.15, 0.2) is 24.3 Å². The number of benzene rings is 1. The Balaban J connectivity index is 1.95. The van der Waals surface area contributed by atoms with Crippen LogP contribution in [-0.2, 0) is 9.47 Å². The third kappa shape index (κ3) is 4.99. The number of para-hydroxylation sites is 1. The molecule has 0 radical (unpaired) electrons. The molecule has 1 heterocycles. The van der Waals surface area contributed by atoms with Gasteiger partial charge in [0, 0.05) is 25.3 Å². The van der Waals surface area contributed by atoms with E-state index in [1.54, 1.807) is 7.11 Å². The molecule has 2 atom stereocenters. The number of ether oxygens (including phenoxy) is 3. The maximum atomic E-state index is 5.84. The van der Waals surface area contributed by atoms with E-state index in [1.807, 2.05) is 19.2 Å². The average molecular weight is 293 g/mol. The lowest BCUT2D eigenvalue weighted by molar-refractivity contribution is 0.0996. The Kier molecular flexibility index (Phi) is 7.00. The Bertz CT molecular complexity index is 405. The van der Waals surface area contributed by atoms with Gasteiger partial charge in [-0.2, -0.15) is 0 Å². The second-order valence-electron chi connectivity index (χ2n) is 5.43. The molecular weight excluding hydrogens is 266 g/mol. The van der Waals surface area contributed by atoms with Crippen molar-refractivity contribution in [3.63, 3.8) is 0 Å². The zero-order valence-electron chi connectivity index (χ0n) is 13.1. The van der Waals surface area contributed by atoms with Crippen molar-refractivity contribution in [2.24, 2.45) is 0 Å². The van der Waals surface area contributed by atoms with Crippen LogP contribution >= 0.6 is 0 Å². The van der Waals surface area contributed by atoms with E-state index < -0.39 is 0 Å². The predicted octanol–water partition coefficient (Wildman–Crippen LogP) is 2.93. The smallest absolute Gasteiger partial charge is 0.124 e. The Hall–Kier alpha value is -1.10. The van der Waals surface area contributed by atoms with Gasteiger partial charge in [-0.3, -0.25) is 0 Å². The first kappa shape index (κ1) is 16.3. The summed E-state index contributed by atoms with van der Waals surface area (Å²) < 4.78 is 16.6. The van der Waals surface area contributed by atoms with Crippen LogP contribution in [0.2, 0.25) is 0 Å². The van der Waals surface area contributed by atoms with Crippen molar-refractivity contribution in [3.05, 3.63) is 29.8 Å². The summed E-state index contributed by atoms with van der Waals surface area (Å²) in [6, 6.07) is 8.54. The summed E-state index contributed by atoms with van der Waals surface area (Å²) in [5, 5.41) is 3.41. The predicted molar refractivity (Wildman–Crippen MR) is 83.8 cm³/mol. The normalized spacial score (nSPS) is 19.6. The first-order valence-electron chi connectivity index (χ1n) is 7.84. The van der Waals surface area contributed by atoms with Crippen LogP contribution in [0.1, 0.15) is 37.3 Å². The molecule has 0 saturated carbocycles. The van der Waals surface area contributed by atoms with Gasteiger partial charge in [-0.05, 0) is 38.8 Å². The summed E-state index contributed by atoms with van der Waals surface area (Å²) >= 11 is 0. The first-order chi connectivity index (χ1) is 10.3. The second-order valence-corrected chi connectivity index (χ2v) is 5.43. The van der Waals surface area contributed by atoms with E-state index in [2.05, 4.69) is 17.4 Å². The molecule has 1 aliphatic rings. The molecule has 1 aliphatic heterocycles. The minimum Gasteiger partial charge on any atom is -0.491 e. The topological polar surface area (TPSA) is 39.7 Å². The maximum absolute atomic E-state index is 5.84. The van der Waals surface area contributed by atoms with E-state index in [9.17, 15) is 0 Å². The van der Waals surface area contributed by atoms with Gasteiger partial charge in [-0.1, -0.05) is 18.2 Å². The van der Waals surface area contributed by atoms with Gasteiger partial charge >= 0.3 is 0 Å². The SMILES string of the molecule is CNC(CCC1CCCO1)c1ccccc1OCCOC. The van der Waals surface area contributed by atoms with Crippen LogP contribution in [0.3, 0.4) is 0 Å². The fourth-order valence-corrected chi connectivity index (χ4v) is 2.81. The molecule has 1 saturated heterocycles. The molecule has 21 heavy (non-hydrogen) atoms. The summed E-state index contributed by atoms with van der Waals surface area (Å²) in [5.41, 5.74) is 1.22. The van der Waals surface area contributed by atoms with Crippen molar-refractivity contribution in [2.45, 2.75) is 37.8 Å². The van der Waals surface area contributed by atoms with Crippen LogP contribution in [-0.4, -0.2) is 40.1 Å². The number of methoxy groups -OCH3 is 1. The molecule has 0 aromatic heterocycles. The molecule has 1 fully saturated rings. The molecule has 2 rings (SSSR count). The highest BCUT2D eigenvalue weighted by molar-refractivity contribution is 5.36. The van der Waals surface area contributed by atoms with Gasteiger partial charge in [-0.15, -0.1) is 0 Å². The van der Waals surface area contributed by atoms with Crippen molar-refractivity contribution in [1.82, 2.24) is 5.32 Å². The lowest BCUT2D eigenvalue weighted by Crippen LogP contribution is -2.20. The number of nitrogens with one attached hydrogen (secondary N) is 1. The highest BCUT2D eigenvalue weighted by Gasteiger charge is 2.19. The van der Waals surface area contributed by atoms with Crippen LogP contribution in [0.5, 0.6) is 5.75 Å². The molecule has 1 aromatic rings. The van der Waals surface area contributed by atoms with Crippen LogP contribution < -0.4 is 10.1 Å². The molecule has 0 amide bonds. The molecule has 0 aliphatic carbocycles. The van der Waals surface area contributed by atoms with Crippen LogP contribution in [0.25, 0.3) is 0 Å². The van der Waals surface area contributed by atoms with Crippen molar-refractivity contribution in [1.29, 1.82) is 0 Å². The van der Waals surface area contributed by atoms with Crippen molar-refractivity contribution >= 4 is 0 Å². The van der Waals surface area contributed by atoms with Gasteiger partial charge in [-0.25, -0.2) is 0 Å². The maximum Gasteiger partial charge on any atom is 0.124 e. The van der Waals surface area contributed by atoms with E-state index in [0.717, 1.165) is 25.2 Å². The largest absolute Gasteiger partial charge is 0.491 e. The third-order valence-electron chi connectivity index (χ3n) is 3.99. The van der Waals surface area contributed by atoms with E-state index in [4.69, 9.17) is 14.2 Å². The van der Waals surface area contributed by atoms with E-state index in [-0.39, 0.29) is 0 Å². The Labute approximate surface area is 127 Å². The van der Waals surface area contributed by atoms with Gasteiger partial charge in [0.15, 0.2) is 0 Å². The lowest BCUT2D eigenvalue weighted by Gasteiger charge is -2.21. The first-order valence-corrected chi connectivity index (χ1v) is 7.84. The van der Waals surface area contributed by atoms with Gasteiger partial charge in [0.05, 0.1) is 12.7 Å². The highest BCUT2D eigenvalue weighted by atomic mass is 16.5. The van der Waals surface area contributed by atoms with Gasteiger partial charge < -0.3 is 19.5 Å². The lowest BCUT2D eigenvalue weighted by atomic mass is 9.98. The zero-order chi connectivity index (χ0) is 14.9. The fourth-order valence-electron chi connectivity index (χ4n) is 2.81. The molecular formula is C17H27NO3. The average Bonchev–Trinajstić information content (AvgIpc) is 3.03. The van der Waals surface area contributed by atoms with Crippen molar-refractivity contribution in [3.8, 4) is 5.75 Å². The summed E-state index contributed by atoms with van der Waals surface area (Å²) in [4.78, 5) is 0. The second kappa shape index (κ2) is 9.03. The Morgan fingerprint density at radius 1 is 1.33 bits per heavy atom. The molecule has 0 bridgehead atoms. The molecule has 4 heteroatoms. The summed E-state index contributed by atoms with van der Waals surface area (Å²) in [6.45, 7) is 2.11. The van der Waals surface area contributed by atoms with E-state index in [0.29, 0.717) is 25.4 Å². The van der Waals surface area contributed by atoms with Crippen LogP contribution in [0.4, 0.5) is 0 Å². The monoisotopic (exact) mass is 293 g/mol. The number of hydrogen-bond acceptors (Lipinski definition) is 4. The molecule has 0 spiro atoms. The molecule has 2 unspecified atom stereocenters. The Morgan fingerprint density at radius 2 is 2.19 bits per heavy atom. The summed E-state index contributed by atoms with van der Waals surface area (Å²) in [5.74, 6) is 0.946. The van der Waals surface area contributed by atoms with Gasteiger partial charge in [0.25, 0.3) is 0 Å². The van der Waals surface area contributed by atoms with Gasteiger partial charge in [0.1, 0.15) is 12.4 Å². The highest BCUT2D eigenvalue weighted by Crippen LogP contribution is 2.29. The van der Waals surface area contributed by atoms with E-state index >= 15 is 0 Å². The standard InChI is InChI=1S/C17H27NO3/c1-18-16(10-9-14-6-5-11-20-14)15-7-3-4-8-17(15)21-13-12-19-2/h3-4,7-8,14,16,18H,5-6,9-13H2,1-2H3. The Morgan fingerprint density at radius 3 is 2.90 bits per heavy atom. The summed E-state index contributed by atoms with van der Waals surface area (Å²) in [7, 11) is 3.69. The van der Waals surface area contributed by atoms with Crippen molar-refractivity contribution < 1.29 is 14.2 Å². The number of rotatable bonds is 9. The quantitative estimate of drug-likeness (QED) is 0.711. The minimum atomic E-state index is 0.299. The molecule has 4 nitrogen and oxygen atoms in total. The van der Waals surface area contributed by atoms with E-state index in [1.165, 1.54) is 18.4 Å². The van der Waals surface area contributed by atoms with Gasteiger partial charge in [0.2, 0.25) is 0 Å². The minimum absolute atomic E-state index is 0.299. The molecule has 118 valence electrons. The number of hydrogen-bond donors (Lipinski definition) is 1. The zero-order valence-corrected chi connectivity index (χ0v) is 13.1. The third-order valence-corrected chi connectivity index (χ3v) is 3.99. The van der Waals surface area contributed by atoms with Crippen molar-refractivity contribution in [2.75, 3.05) is 34.0 Å². The molecule has 1 N–H and O–H groups in total. The fraction of sp³-hybridized carbons (Fsp3) is 0.647. The van der Waals surface area contributed by atoms with Crippen LogP contribution in [0, 0.1) is 0 Å².